The lowest BCUT2D eigenvalue weighted by atomic mass is 9.80. The molecule has 0 spiro atoms. The summed E-state index contributed by atoms with van der Waals surface area (Å²) in [5.41, 5.74) is 13.7. The van der Waals surface area contributed by atoms with Crippen LogP contribution >= 0.6 is 38.6 Å². The molecule has 2 heterocycles. The Morgan fingerprint density at radius 1 is 0.625 bits per heavy atom. The van der Waals surface area contributed by atoms with Crippen molar-refractivity contribution in [1.82, 2.24) is 9.97 Å². The lowest BCUT2D eigenvalue weighted by Gasteiger charge is -2.08. The van der Waals surface area contributed by atoms with Crippen molar-refractivity contribution in [2.75, 3.05) is 0 Å². The zero-order chi connectivity index (χ0) is 46.1. The van der Waals surface area contributed by atoms with Crippen molar-refractivity contribution in [3.05, 3.63) is 169 Å². The van der Waals surface area contributed by atoms with E-state index in [0.717, 1.165) is 65.9 Å². The number of nitrogens with two attached hydrogens (primary N) is 2. The van der Waals surface area contributed by atoms with Gasteiger partial charge in [-0.25, -0.2) is 27.5 Å². The lowest BCUT2D eigenvalue weighted by Crippen LogP contribution is -2.29. The maximum atomic E-state index is 14.3. The van der Waals surface area contributed by atoms with Gasteiger partial charge in [0.2, 0.25) is 0 Å². The molecule has 64 heavy (non-hydrogen) atoms. The number of fused-ring (bicyclic) bond motifs is 2. The average Bonchev–Trinajstić information content (AvgIpc) is 3.89. The van der Waals surface area contributed by atoms with E-state index in [-0.39, 0.29) is 37.9 Å². The quantitative estimate of drug-likeness (QED) is 0.0532. The molecule has 0 aliphatic rings. The first kappa shape index (κ1) is 47.2. The molecule has 2 aromatic heterocycles. The van der Waals surface area contributed by atoms with Gasteiger partial charge in [0.1, 0.15) is 46.0 Å². The number of nitrogens with zero attached hydrogens (tertiary/aromatic N) is 2. The molecule has 0 radical (unpaired) electrons. The standard InChI is InChI=1S/C22H16F2N2O3S.C15H9BrF2N2O2S.C7H9BO3/c23-15-5-6-17(21(24)20(15)22(25)28)29-11-19-26-16-9-14(4-7-18(16)30-19)13-3-1-2-12(8-13)10-27;16-7-1-4-11-9(5-7)20-12(23-11)6-22-10-3-2-8(17)13(14(10)18)15(19)21;9-5-6-2-1-3-7(4-6)8(10)11/h1-9,27H,10-11H2,(H2,25,28);1-5H,6H2,(H2,19,21);1-4,9-11H,5H2. The van der Waals surface area contributed by atoms with Crippen LogP contribution in [0.2, 0.25) is 0 Å². The first-order valence-electron chi connectivity index (χ1n) is 18.7. The third-order valence-electron chi connectivity index (χ3n) is 9.01. The predicted octanol–water partition coefficient (Wildman–Crippen LogP) is 7.29. The normalized spacial score (nSPS) is 10.8. The maximum absolute atomic E-state index is 14.3. The summed E-state index contributed by atoms with van der Waals surface area (Å²) in [6.07, 6.45) is 0. The fourth-order valence-corrected chi connectivity index (χ4v) is 8.02. The van der Waals surface area contributed by atoms with Crippen LogP contribution in [0, 0.1) is 23.3 Å². The Morgan fingerprint density at radius 2 is 1.11 bits per heavy atom. The van der Waals surface area contributed by atoms with Gasteiger partial charge >= 0.3 is 7.12 Å². The summed E-state index contributed by atoms with van der Waals surface area (Å²) in [5.74, 6) is -7.21. The maximum Gasteiger partial charge on any atom is 0.488 e. The Morgan fingerprint density at radius 3 is 1.62 bits per heavy atom. The molecule has 0 unspecified atom stereocenters. The number of hydrogen-bond acceptors (Lipinski definition) is 12. The van der Waals surface area contributed by atoms with E-state index in [0.29, 0.717) is 21.0 Å². The van der Waals surface area contributed by atoms with Crippen molar-refractivity contribution in [3.8, 4) is 22.6 Å². The molecule has 0 bridgehead atoms. The van der Waals surface area contributed by atoms with Crippen LogP contribution in [0.1, 0.15) is 41.9 Å². The Balaban J connectivity index is 0.000000176. The van der Waals surface area contributed by atoms with Crippen molar-refractivity contribution in [2.24, 2.45) is 11.5 Å². The third-order valence-corrected chi connectivity index (χ3v) is 11.5. The molecule has 0 saturated heterocycles. The van der Waals surface area contributed by atoms with Crippen LogP contribution in [-0.2, 0) is 26.4 Å². The average molecular weight is 978 g/mol. The minimum Gasteiger partial charge on any atom is -0.483 e. The number of aliphatic hydroxyl groups excluding tert-OH is 2. The van der Waals surface area contributed by atoms with Gasteiger partial charge in [-0.3, -0.25) is 9.59 Å². The number of hydrogen-bond donors (Lipinski definition) is 6. The van der Waals surface area contributed by atoms with Gasteiger partial charge in [-0.2, -0.15) is 0 Å². The van der Waals surface area contributed by atoms with Gasteiger partial charge in [0.25, 0.3) is 11.8 Å². The molecule has 12 nitrogen and oxygen atoms in total. The molecule has 0 aliphatic heterocycles. The molecular weight excluding hydrogens is 943 g/mol. The fourth-order valence-electron chi connectivity index (χ4n) is 5.95. The van der Waals surface area contributed by atoms with Crippen LogP contribution in [0.4, 0.5) is 17.6 Å². The van der Waals surface area contributed by atoms with E-state index in [4.69, 9.17) is 36.1 Å². The fraction of sp³-hybridized carbons (Fsp3) is 0.0909. The first-order chi connectivity index (χ1) is 30.6. The summed E-state index contributed by atoms with van der Waals surface area (Å²) >= 11 is 6.14. The van der Waals surface area contributed by atoms with Gasteiger partial charge in [0, 0.05) is 4.47 Å². The number of thiazole rings is 2. The van der Waals surface area contributed by atoms with Gasteiger partial charge in [0.15, 0.2) is 23.1 Å². The zero-order valence-corrected chi connectivity index (χ0v) is 36.2. The van der Waals surface area contributed by atoms with E-state index in [1.54, 1.807) is 24.3 Å². The molecule has 0 atom stereocenters. The van der Waals surface area contributed by atoms with Crippen LogP contribution in [0.3, 0.4) is 0 Å². The summed E-state index contributed by atoms with van der Waals surface area (Å²) in [6.45, 7) is -0.167. The van der Waals surface area contributed by atoms with Gasteiger partial charge in [-0.05, 0) is 88.4 Å². The predicted molar refractivity (Wildman–Crippen MR) is 239 cm³/mol. The Hall–Kier alpha value is -6.26. The van der Waals surface area contributed by atoms with Gasteiger partial charge < -0.3 is 41.2 Å². The van der Waals surface area contributed by atoms with E-state index in [1.165, 1.54) is 22.7 Å². The van der Waals surface area contributed by atoms with Crippen molar-refractivity contribution >= 4 is 83.4 Å². The SMILES string of the molecule is NC(=O)c1c(F)ccc(OCc2nc3cc(-c4cccc(CO)c4)ccc3s2)c1F.NC(=O)c1c(F)ccc(OCc2nc3cc(Br)ccc3s2)c1F.OCc1cccc(B(O)O)c1. The monoisotopic (exact) mass is 976 g/mol. The van der Waals surface area contributed by atoms with E-state index in [1.807, 2.05) is 60.7 Å². The number of aromatic nitrogens is 2. The van der Waals surface area contributed by atoms with E-state index in [9.17, 15) is 32.3 Å². The second-order valence-electron chi connectivity index (χ2n) is 13.4. The highest BCUT2D eigenvalue weighted by atomic mass is 79.9. The molecule has 8 N–H and O–H groups in total. The Kier molecular flexibility index (Phi) is 15.8. The molecule has 2 amide bonds. The number of ether oxygens (including phenoxy) is 2. The number of benzene rings is 6. The number of primary amides is 2. The van der Waals surface area contributed by atoms with E-state index >= 15 is 0 Å². The second-order valence-corrected chi connectivity index (χ2v) is 16.6. The summed E-state index contributed by atoms with van der Waals surface area (Å²) in [7, 11) is -1.46. The topological polar surface area (TPSA) is 211 Å². The summed E-state index contributed by atoms with van der Waals surface area (Å²) in [6, 6.07) is 29.7. The molecule has 0 aliphatic carbocycles. The molecule has 8 rings (SSSR count). The van der Waals surface area contributed by atoms with Crippen LogP contribution in [-0.4, -0.2) is 49.2 Å². The van der Waals surface area contributed by atoms with Crippen LogP contribution < -0.4 is 26.4 Å². The van der Waals surface area contributed by atoms with Crippen molar-refractivity contribution in [2.45, 2.75) is 26.4 Å². The van der Waals surface area contributed by atoms with Crippen LogP contribution in [0.5, 0.6) is 11.5 Å². The summed E-state index contributed by atoms with van der Waals surface area (Å²) in [5, 5.41) is 36.7. The smallest absolute Gasteiger partial charge is 0.483 e. The van der Waals surface area contributed by atoms with Gasteiger partial charge in [0.05, 0.1) is 33.6 Å². The zero-order valence-electron chi connectivity index (χ0n) is 33.0. The first-order valence-corrected chi connectivity index (χ1v) is 21.1. The molecule has 0 saturated carbocycles. The highest BCUT2D eigenvalue weighted by Gasteiger charge is 2.21. The molecule has 0 fully saturated rings. The van der Waals surface area contributed by atoms with Crippen LogP contribution in [0.25, 0.3) is 31.6 Å². The van der Waals surface area contributed by atoms with Crippen molar-refractivity contribution in [3.63, 3.8) is 0 Å². The van der Waals surface area contributed by atoms with Crippen molar-refractivity contribution < 1.29 is 56.9 Å². The van der Waals surface area contributed by atoms with Gasteiger partial charge in [-0.15, -0.1) is 22.7 Å². The number of aliphatic hydroxyl groups is 2. The number of halogens is 5. The Labute approximate surface area is 378 Å². The number of amides is 2. The summed E-state index contributed by atoms with van der Waals surface area (Å²) < 4.78 is 68.9. The van der Waals surface area contributed by atoms with E-state index in [2.05, 4.69) is 25.9 Å². The summed E-state index contributed by atoms with van der Waals surface area (Å²) in [4.78, 5) is 31.2. The van der Waals surface area contributed by atoms with Crippen molar-refractivity contribution in [1.29, 1.82) is 0 Å². The molecule has 6 aromatic carbocycles. The minimum atomic E-state index is -1.46. The highest BCUT2D eigenvalue weighted by Crippen LogP contribution is 2.31. The molecule has 328 valence electrons. The molecule has 8 aromatic rings. The van der Waals surface area contributed by atoms with Gasteiger partial charge in [-0.1, -0.05) is 64.5 Å². The largest absolute Gasteiger partial charge is 0.488 e. The Bertz CT molecular complexity index is 2980. The number of carbonyl (C=O) groups is 2. The number of carbonyl (C=O) groups excluding carboxylic acids is 2. The number of rotatable bonds is 12. The minimum absolute atomic E-state index is 0.00226. The second kappa shape index (κ2) is 21.4. The highest BCUT2D eigenvalue weighted by molar-refractivity contribution is 9.10. The van der Waals surface area contributed by atoms with E-state index < -0.39 is 53.3 Å². The lowest BCUT2D eigenvalue weighted by molar-refractivity contribution is 0.0982. The third kappa shape index (κ3) is 11.7. The molecule has 20 heteroatoms. The van der Waals surface area contributed by atoms with Crippen LogP contribution in [0.15, 0.2) is 114 Å². The molecular formula is C44H34BBrF4N4O8S2.